The molecule has 3 N–H and O–H groups in total. The fraction of sp³-hybridized carbons (Fsp3) is 0.455. The topological polar surface area (TPSA) is 105 Å². The monoisotopic (exact) mass is 286 g/mol. The van der Waals surface area contributed by atoms with E-state index in [0.29, 0.717) is 11.3 Å². The van der Waals surface area contributed by atoms with Crippen LogP contribution in [0.15, 0.2) is 18.3 Å². The maximum Gasteiger partial charge on any atom is 0.251 e. The number of sulfonamides is 1. The highest BCUT2D eigenvalue weighted by Gasteiger charge is 2.14. The van der Waals surface area contributed by atoms with Gasteiger partial charge in [0, 0.05) is 38.9 Å². The number of amides is 1. The highest BCUT2D eigenvalue weighted by Crippen LogP contribution is 2.01. The van der Waals surface area contributed by atoms with Gasteiger partial charge in [0.1, 0.15) is 0 Å². The van der Waals surface area contributed by atoms with Crippen molar-refractivity contribution in [1.82, 2.24) is 14.6 Å². The average molecular weight is 286 g/mol. The Balaban J connectivity index is 2.56. The first-order valence-corrected chi connectivity index (χ1v) is 7.31. The van der Waals surface area contributed by atoms with Gasteiger partial charge in [-0.05, 0) is 12.1 Å². The molecule has 7 nitrogen and oxygen atoms in total. The molecule has 0 unspecified atom stereocenters. The molecule has 0 saturated carbocycles. The molecule has 0 aliphatic heterocycles. The number of carbonyl (C=O) groups excluding carboxylic acids is 1. The van der Waals surface area contributed by atoms with Gasteiger partial charge in [-0.25, -0.2) is 12.7 Å². The Morgan fingerprint density at radius 3 is 2.74 bits per heavy atom. The Hall–Kier alpha value is -1.51. The van der Waals surface area contributed by atoms with Crippen molar-refractivity contribution in [2.45, 2.75) is 6.54 Å². The van der Waals surface area contributed by atoms with Gasteiger partial charge in [0.2, 0.25) is 10.0 Å². The van der Waals surface area contributed by atoms with Crippen LogP contribution in [0.4, 0.5) is 0 Å². The molecule has 0 aliphatic rings. The van der Waals surface area contributed by atoms with Crippen LogP contribution in [0.1, 0.15) is 16.1 Å². The number of hydrogen-bond donors (Lipinski definition) is 2. The van der Waals surface area contributed by atoms with Crippen LogP contribution in [0.25, 0.3) is 0 Å². The van der Waals surface area contributed by atoms with Crippen molar-refractivity contribution in [3.05, 3.63) is 29.6 Å². The lowest BCUT2D eigenvalue weighted by Gasteiger charge is -2.11. The summed E-state index contributed by atoms with van der Waals surface area (Å²) < 4.78 is 24.1. The number of rotatable bonds is 6. The van der Waals surface area contributed by atoms with E-state index >= 15 is 0 Å². The molecule has 0 aromatic carbocycles. The molecule has 1 heterocycles. The third-order valence-electron chi connectivity index (χ3n) is 2.49. The molecule has 0 aliphatic carbocycles. The van der Waals surface area contributed by atoms with Crippen molar-refractivity contribution >= 4 is 15.9 Å². The summed E-state index contributed by atoms with van der Waals surface area (Å²) in [7, 11) is -0.399. The van der Waals surface area contributed by atoms with Crippen molar-refractivity contribution in [1.29, 1.82) is 0 Å². The summed E-state index contributed by atoms with van der Waals surface area (Å²) in [5, 5.41) is 2.55. The summed E-state index contributed by atoms with van der Waals surface area (Å²) in [5.74, 6) is -0.480. The quantitative estimate of drug-likeness (QED) is 0.709. The van der Waals surface area contributed by atoms with Gasteiger partial charge in [0.05, 0.1) is 11.4 Å². The van der Waals surface area contributed by atoms with Crippen LogP contribution in [-0.4, -0.2) is 50.0 Å². The second kappa shape index (κ2) is 6.60. The highest BCUT2D eigenvalue weighted by atomic mass is 32.2. The number of carbonyl (C=O) groups is 1. The third kappa shape index (κ3) is 4.58. The number of nitrogens with two attached hydrogens (primary N) is 1. The standard InChI is InChI=1S/C11H18N4O3S/c1-15(2)19(17,18)6-5-14-11(16)9-3-4-13-10(7-9)8-12/h3-4,7H,5-6,8,12H2,1-2H3,(H,14,16). The number of pyridine rings is 1. The fourth-order valence-corrected chi connectivity index (χ4v) is 2.03. The molecule has 0 spiro atoms. The summed E-state index contributed by atoms with van der Waals surface area (Å²) in [6.45, 7) is 0.301. The molecule has 1 aromatic rings. The summed E-state index contributed by atoms with van der Waals surface area (Å²) in [6, 6.07) is 3.13. The maximum atomic E-state index is 11.8. The fourth-order valence-electron chi connectivity index (χ4n) is 1.31. The SMILES string of the molecule is CN(C)S(=O)(=O)CCNC(=O)c1ccnc(CN)c1. The van der Waals surface area contributed by atoms with Crippen molar-refractivity contribution in [2.24, 2.45) is 5.73 Å². The lowest BCUT2D eigenvalue weighted by molar-refractivity contribution is 0.0956. The first-order valence-electron chi connectivity index (χ1n) is 5.70. The molecule has 106 valence electrons. The number of hydrogen-bond acceptors (Lipinski definition) is 5. The largest absolute Gasteiger partial charge is 0.351 e. The average Bonchev–Trinajstić information content (AvgIpc) is 2.38. The number of nitrogens with one attached hydrogen (secondary N) is 1. The lowest BCUT2D eigenvalue weighted by Crippen LogP contribution is -2.34. The summed E-state index contributed by atoms with van der Waals surface area (Å²) in [4.78, 5) is 15.8. The van der Waals surface area contributed by atoms with E-state index in [1.807, 2.05) is 0 Å². The van der Waals surface area contributed by atoms with E-state index in [0.717, 1.165) is 4.31 Å². The molecule has 0 radical (unpaired) electrons. The molecule has 8 heteroatoms. The van der Waals surface area contributed by atoms with Gasteiger partial charge in [-0.1, -0.05) is 0 Å². The van der Waals surface area contributed by atoms with Crippen molar-refractivity contribution in [3.8, 4) is 0 Å². The van der Waals surface area contributed by atoms with Crippen molar-refractivity contribution in [2.75, 3.05) is 26.4 Å². The molecule has 0 bridgehead atoms. The molecule has 1 amide bonds. The van der Waals surface area contributed by atoms with Crippen LogP contribution in [0.3, 0.4) is 0 Å². The first-order chi connectivity index (χ1) is 8.86. The first kappa shape index (κ1) is 15.5. The minimum absolute atomic E-state index is 0.0552. The van der Waals surface area contributed by atoms with Crippen molar-refractivity contribution in [3.63, 3.8) is 0 Å². The minimum atomic E-state index is -3.30. The summed E-state index contributed by atoms with van der Waals surface area (Å²) >= 11 is 0. The predicted octanol–water partition coefficient (Wildman–Crippen LogP) is -0.838. The van der Waals surface area contributed by atoms with Crippen LogP contribution in [0, 0.1) is 0 Å². The van der Waals surface area contributed by atoms with E-state index in [9.17, 15) is 13.2 Å². The van der Waals surface area contributed by atoms with Gasteiger partial charge in [0.15, 0.2) is 0 Å². The molecule has 1 rings (SSSR count). The molecule has 1 aromatic heterocycles. The van der Waals surface area contributed by atoms with Crippen LogP contribution < -0.4 is 11.1 Å². The summed E-state index contributed by atoms with van der Waals surface area (Å²) in [6.07, 6.45) is 1.49. The minimum Gasteiger partial charge on any atom is -0.351 e. The molecular weight excluding hydrogens is 268 g/mol. The zero-order chi connectivity index (χ0) is 14.5. The Morgan fingerprint density at radius 1 is 1.47 bits per heavy atom. The predicted molar refractivity (Wildman–Crippen MR) is 71.9 cm³/mol. The van der Waals surface area contributed by atoms with Gasteiger partial charge in [-0.2, -0.15) is 0 Å². The van der Waals surface area contributed by atoms with E-state index in [2.05, 4.69) is 10.3 Å². The van der Waals surface area contributed by atoms with Gasteiger partial charge in [-0.15, -0.1) is 0 Å². The highest BCUT2D eigenvalue weighted by molar-refractivity contribution is 7.89. The Kier molecular flexibility index (Phi) is 5.40. The number of aromatic nitrogens is 1. The molecule has 0 fully saturated rings. The second-order valence-corrected chi connectivity index (χ2v) is 6.40. The van der Waals surface area contributed by atoms with Gasteiger partial charge in [-0.3, -0.25) is 9.78 Å². The van der Waals surface area contributed by atoms with E-state index in [-0.39, 0.29) is 24.7 Å². The lowest BCUT2D eigenvalue weighted by atomic mass is 10.2. The number of nitrogens with zero attached hydrogens (tertiary/aromatic N) is 2. The van der Waals surface area contributed by atoms with Gasteiger partial charge >= 0.3 is 0 Å². The van der Waals surface area contributed by atoms with Crippen molar-refractivity contribution < 1.29 is 13.2 Å². The van der Waals surface area contributed by atoms with E-state index in [1.54, 1.807) is 12.1 Å². The van der Waals surface area contributed by atoms with E-state index < -0.39 is 10.0 Å². The Bertz CT molecular complexity index is 543. The molecule has 0 atom stereocenters. The Labute approximate surface area is 112 Å². The Morgan fingerprint density at radius 2 is 2.16 bits per heavy atom. The van der Waals surface area contributed by atoms with Crippen LogP contribution in [0.2, 0.25) is 0 Å². The third-order valence-corrected chi connectivity index (χ3v) is 4.32. The zero-order valence-corrected chi connectivity index (χ0v) is 11.8. The second-order valence-electron chi connectivity index (χ2n) is 4.09. The van der Waals surface area contributed by atoms with Gasteiger partial charge < -0.3 is 11.1 Å². The molecule has 0 saturated heterocycles. The van der Waals surface area contributed by atoms with E-state index in [4.69, 9.17) is 5.73 Å². The van der Waals surface area contributed by atoms with Crippen LogP contribution in [-0.2, 0) is 16.6 Å². The van der Waals surface area contributed by atoms with Crippen LogP contribution in [0.5, 0.6) is 0 Å². The summed E-state index contributed by atoms with van der Waals surface area (Å²) in [5.41, 5.74) is 6.45. The molecule has 19 heavy (non-hydrogen) atoms. The van der Waals surface area contributed by atoms with E-state index in [1.165, 1.54) is 20.3 Å². The molecular formula is C11H18N4O3S. The maximum absolute atomic E-state index is 11.8. The zero-order valence-electron chi connectivity index (χ0n) is 11.0. The normalized spacial score (nSPS) is 11.6. The van der Waals surface area contributed by atoms with Gasteiger partial charge in [0.25, 0.3) is 5.91 Å². The van der Waals surface area contributed by atoms with Crippen LogP contribution >= 0.6 is 0 Å². The smallest absolute Gasteiger partial charge is 0.251 e.